The largest absolute Gasteiger partial charge is 0.489 e. The Morgan fingerprint density at radius 1 is 1.69 bits per heavy atom. The predicted octanol–water partition coefficient (Wildman–Crippen LogP) is 2.67. The Bertz CT molecular complexity index is 415. The molecule has 0 saturated carbocycles. The van der Waals surface area contributed by atoms with Crippen LogP contribution in [0.1, 0.15) is 17.8 Å². The molecule has 0 aliphatic heterocycles. The zero-order valence-corrected chi connectivity index (χ0v) is 8.87. The monoisotopic (exact) mass is 252 g/mol. The highest BCUT2D eigenvalue weighted by atomic mass is 35.5. The minimum absolute atomic E-state index is 0.0753. The standard InChI is InChI=1S/C8H7ClF2N2O3/c1-16-7-5(3-9)12-4(8(10)11)2-6(7)13(14)15/h2,8H,3H2,1H3. The van der Waals surface area contributed by atoms with E-state index in [2.05, 4.69) is 4.98 Å². The fraction of sp³-hybridized carbons (Fsp3) is 0.375. The molecule has 16 heavy (non-hydrogen) atoms. The lowest BCUT2D eigenvalue weighted by molar-refractivity contribution is -0.386. The van der Waals surface area contributed by atoms with Crippen molar-refractivity contribution in [3.63, 3.8) is 0 Å². The first kappa shape index (κ1) is 12.6. The second-order valence-electron chi connectivity index (χ2n) is 2.74. The molecule has 0 unspecified atom stereocenters. The SMILES string of the molecule is COc1c([N+](=O)[O-])cc(C(F)F)nc1CCl. The van der Waals surface area contributed by atoms with Gasteiger partial charge in [-0.3, -0.25) is 10.1 Å². The average molecular weight is 253 g/mol. The Morgan fingerprint density at radius 2 is 2.31 bits per heavy atom. The van der Waals surface area contributed by atoms with E-state index in [4.69, 9.17) is 16.3 Å². The molecule has 1 aromatic heterocycles. The number of pyridine rings is 1. The molecule has 0 radical (unpaired) electrons. The maximum Gasteiger partial charge on any atom is 0.314 e. The summed E-state index contributed by atoms with van der Waals surface area (Å²) in [6.07, 6.45) is -2.90. The molecule has 1 heterocycles. The summed E-state index contributed by atoms with van der Waals surface area (Å²) in [7, 11) is 1.18. The maximum absolute atomic E-state index is 12.4. The van der Waals surface area contributed by atoms with Gasteiger partial charge in [0, 0.05) is 6.07 Å². The van der Waals surface area contributed by atoms with Gasteiger partial charge in [0.05, 0.1) is 17.9 Å². The van der Waals surface area contributed by atoms with Crippen LogP contribution in [0, 0.1) is 10.1 Å². The van der Waals surface area contributed by atoms with Crippen LogP contribution in [0.5, 0.6) is 5.75 Å². The van der Waals surface area contributed by atoms with Gasteiger partial charge in [-0.15, -0.1) is 11.6 Å². The lowest BCUT2D eigenvalue weighted by Crippen LogP contribution is -2.03. The van der Waals surface area contributed by atoms with E-state index in [1.807, 2.05) is 0 Å². The fourth-order valence-corrected chi connectivity index (χ4v) is 1.33. The van der Waals surface area contributed by atoms with Crippen molar-refractivity contribution in [2.24, 2.45) is 0 Å². The van der Waals surface area contributed by atoms with Crippen LogP contribution in [-0.4, -0.2) is 17.0 Å². The molecule has 0 N–H and O–H groups in total. The lowest BCUT2D eigenvalue weighted by Gasteiger charge is -2.08. The zero-order valence-electron chi connectivity index (χ0n) is 8.11. The zero-order chi connectivity index (χ0) is 12.3. The Morgan fingerprint density at radius 3 is 2.69 bits per heavy atom. The number of rotatable bonds is 4. The molecule has 0 aliphatic rings. The van der Waals surface area contributed by atoms with Crippen molar-refractivity contribution < 1.29 is 18.4 Å². The number of methoxy groups -OCH3 is 1. The summed E-state index contributed by atoms with van der Waals surface area (Å²) in [5.41, 5.74) is -1.33. The van der Waals surface area contributed by atoms with Gasteiger partial charge in [0.25, 0.3) is 6.43 Å². The van der Waals surface area contributed by atoms with Gasteiger partial charge >= 0.3 is 5.69 Å². The van der Waals surface area contributed by atoms with Gasteiger partial charge in [0.2, 0.25) is 5.75 Å². The number of hydrogen-bond acceptors (Lipinski definition) is 4. The Kier molecular flexibility index (Phi) is 3.94. The smallest absolute Gasteiger partial charge is 0.314 e. The highest BCUT2D eigenvalue weighted by Gasteiger charge is 2.24. The van der Waals surface area contributed by atoms with Gasteiger partial charge < -0.3 is 4.74 Å². The first-order valence-corrected chi connectivity index (χ1v) is 4.61. The molecule has 0 amide bonds. The fourth-order valence-electron chi connectivity index (χ4n) is 1.15. The normalized spacial score (nSPS) is 10.6. The number of nitro groups is 1. The van der Waals surface area contributed by atoms with E-state index < -0.39 is 22.7 Å². The Labute approximate surface area is 94.1 Å². The summed E-state index contributed by atoms with van der Waals surface area (Å²) in [4.78, 5) is 13.3. The molecule has 0 spiro atoms. The molecule has 0 bridgehead atoms. The first-order valence-electron chi connectivity index (χ1n) is 4.07. The van der Waals surface area contributed by atoms with E-state index in [0.717, 1.165) is 0 Å². The molecule has 0 fully saturated rings. The molecule has 0 atom stereocenters. The molecule has 0 aliphatic carbocycles. The van der Waals surface area contributed by atoms with E-state index in [0.29, 0.717) is 6.07 Å². The van der Waals surface area contributed by atoms with E-state index in [1.54, 1.807) is 0 Å². The summed E-state index contributed by atoms with van der Waals surface area (Å²) in [6.45, 7) is 0. The number of halogens is 3. The van der Waals surface area contributed by atoms with Crippen molar-refractivity contribution in [2.45, 2.75) is 12.3 Å². The van der Waals surface area contributed by atoms with Crippen LogP contribution < -0.4 is 4.74 Å². The average Bonchev–Trinajstić information content (AvgIpc) is 2.26. The number of ether oxygens (including phenoxy) is 1. The number of alkyl halides is 3. The van der Waals surface area contributed by atoms with Crippen molar-refractivity contribution in [3.8, 4) is 5.75 Å². The van der Waals surface area contributed by atoms with Gasteiger partial charge in [-0.05, 0) is 0 Å². The second-order valence-corrected chi connectivity index (χ2v) is 3.00. The molecule has 0 saturated heterocycles. The van der Waals surface area contributed by atoms with Gasteiger partial charge in [-0.25, -0.2) is 13.8 Å². The third-order valence-electron chi connectivity index (χ3n) is 1.79. The molecule has 8 heteroatoms. The first-order chi connectivity index (χ1) is 7.51. The van der Waals surface area contributed by atoms with Crippen molar-refractivity contribution in [1.82, 2.24) is 4.98 Å². The van der Waals surface area contributed by atoms with Crippen LogP contribution in [0.25, 0.3) is 0 Å². The van der Waals surface area contributed by atoms with Crippen molar-refractivity contribution >= 4 is 17.3 Å². The second kappa shape index (κ2) is 5.02. The van der Waals surface area contributed by atoms with E-state index in [1.165, 1.54) is 7.11 Å². The van der Waals surface area contributed by atoms with Crippen LogP contribution in [0.2, 0.25) is 0 Å². The summed E-state index contributed by atoms with van der Waals surface area (Å²) in [5.74, 6) is -0.436. The molecular weight excluding hydrogens is 246 g/mol. The van der Waals surface area contributed by atoms with Gasteiger partial charge in [0.1, 0.15) is 11.4 Å². The van der Waals surface area contributed by atoms with Crippen LogP contribution >= 0.6 is 11.6 Å². The van der Waals surface area contributed by atoms with Crippen LogP contribution in [0.4, 0.5) is 14.5 Å². The molecule has 1 aromatic rings. The molecule has 0 aromatic carbocycles. The van der Waals surface area contributed by atoms with E-state index in [9.17, 15) is 18.9 Å². The number of aromatic nitrogens is 1. The summed E-state index contributed by atoms with van der Waals surface area (Å²) in [6, 6.07) is 0.680. The highest BCUT2D eigenvalue weighted by molar-refractivity contribution is 6.17. The summed E-state index contributed by atoms with van der Waals surface area (Å²) >= 11 is 5.45. The van der Waals surface area contributed by atoms with Gasteiger partial charge in [-0.1, -0.05) is 0 Å². The third kappa shape index (κ3) is 2.35. The minimum atomic E-state index is -2.90. The quantitative estimate of drug-likeness (QED) is 0.469. The van der Waals surface area contributed by atoms with Crippen LogP contribution in [0.3, 0.4) is 0 Å². The number of hydrogen-bond donors (Lipinski definition) is 0. The van der Waals surface area contributed by atoms with E-state index >= 15 is 0 Å². The van der Waals surface area contributed by atoms with Crippen molar-refractivity contribution in [3.05, 3.63) is 27.6 Å². The third-order valence-corrected chi connectivity index (χ3v) is 2.05. The summed E-state index contributed by atoms with van der Waals surface area (Å²) in [5, 5.41) is 10.6. The van der Waals surface area contributed by atoms with Gasteiger partial charge in [0.15, 0.2) is 0 Å². The van der Waals surface area contributed by atoms with Crippen LogP contribution in [0.15, 0.2) is 6.07 Å². The van der Waals surface area contributed by atoms with Gasteiger partial charge in [-0.2, -0.15) is 0 Å². The predicted molar refractivity (Wildman–Crippen MR) is 52.0 cm³/mol. The maximum atomic E-state index is 12.4. The van der Waals surface area contributed by atoms with Crippen LogP contribution in [-0.2, 0) is 5.88 Å². The Hall–Kier alpha value is -1.50. The summed E-state index contributed by atoms with van der Waals surface area (Å²) < 4.78 is 29.5. The number of nitrogens with zero attached hydrogens (tertiary/aromatic N) is 2. The lowest BCUT2D eigenvalue weighted by atomic mass is 10.2. The minimum Gasteiger partial charge on any atom is -0.489 e. The topological polar surface area (TPSA) is 65.3 Å². The molecular formula is C8H7ClF2N2O3. The molecule has 1 rings (SSSR count). The Balaban J connectivity index is 3.43. The van der Waals surface area contributed by atoms with E-state index in [-0.39, 0.29) is 17.3 Å². The van der Waals surface area contributed by atoms with Crippen molar-refractivity contribution in [1.29, 1.82) is 0 Å². The van der Waals surface area contributed by atoms with Crippen molar-refractivity contribution in [2.75, 3.05) is 7.11 Å². The highest BCUT2D eigenvalue weighted by Crippen LogP contribution is 2.33. The molecule has 88 valence electrons. The molecule has 5 nitrogen and oxygen atoms in total.